The van der Waals surface area contributed by atoms with E-state index in [0.29, 0.717) is 47.5 Å². The predicted octanol–water partition coefficient (Wildman–Crippen LogP) is 8.63. The van der Waals surface area contributed by atoms with Gasteiger partial charge in [0, 0.05) is 44.4 Å². The van der Waals surface area contributed by atoms with Gasteiger partial charge in [-0.25, -0.2) is 19.0 Å². The van der Waals surface area contributed by atoms with Crippen LogP contribution < -0.4 is 15.5 Å². The molecule has 1 aliphatic carbocycles. The summed E-state index contributed by atoms with van der Waals surface area (Å²) in [5.74, 6) is -1.23. The summed E-state index contributed by atoms with van der Waals surface area (Å²) in [4.78, 5) is 71.8. The molecule has 1 aliphatic heterocycles. The second kappa shape index (κ2) is 19.1. The second-order valence-corrected chi connectivity index (χ2v) is 18.2. The van der Waals surface area contributed by atoms with Crippen LogP contribution in [0.5, 0.6) is 0 Å². The van der Waals surface area contributed by atoms with E-state index in [4.69, 9.17) is 18.9 Å². The first-order chi connectivity index (χ1) is 30.5. The number of ether oxygens (including phenoxy) is 4. The third-order valence-corrected chi connectivity index (χ3v) is 10.9. The molecule has 0 bridgehead atoms. The summed E-state index contributed by atoms with van der Waals surface area (Å²) < 4.78 is 23.4. The molecule has 2 aliphatic rings. The van der Waals surface area contributed by atoms with E-state index in [1.165, 1.54) is 22.8 Å². The van der Waals surface area contributed by atoms with Gasteiger partial charge in [-0.15, -0.1) is 0 Å². The number of anilines is 2. The molecule has 1 aromatic heterocycles. The molecule has 1 saturated heterocycles. The summed E-state index contributed by atoms with van der Waals surface area (Å²) in [6.07, 6.45) is -0.0766. The fraction of sp³-hybridized carbons (Fsp3) is 0.380. The van der Waals surface area contributed by atoms with E-state index < -0.39 is 41.3 Å². The highest BCUT2D eigenvalue weighted by Gasteiger charge is 2.30. The molecule has 4 aromatic carbocycles. The smallest absolute Gasteiger partial charge is 0.419 e. The Morgan fingerprint density at radius 3 is 2.25 bits per heavy atom. The van der Waals surface area contributed by atoms with Crippen LogP contribution in [-0.2, 0) is 41.6 Å². The number of nitrogens with one attached hydrogen (secondary N) is 2. The average molecular weight is 872 g/mol. The third-order valence-electron chi connectivity index (χ3n) is 10.9. The maximum absolute atomic E-state index is 14.1. The Kier molecular flexibility index (Phi) is 13.6. The van der Waals surface area contributed by atoms with Crippen LogP contribution in [0.1, 0.15) is 93.2 Å². The number of carbonyl (C=O) groups excluding carboxylic acids is 5. The number of carbonyl (C=O) groups is 5. The van der Waals surface area contributed by atoms with Crippen molar-refractivity contribution in [2.24, 2.45) is 0 Å². The third kappa shape index (κ3) is 11.0. The van der Waals surface area contributed by atoms with Gasteiger partial charge in [0.15, 0.2) is 0 Å². The number of amides is 3. The van der Waals surface area contributed by atoms with Crippen LogP contribution in [0.25, 0.3) is 22.0 Å². The topological polar surface area (TPSA) is 158 Å². The Bertz CT molecular complexity index is 2550. The first-order valence-corrected chi connectivity index (χ1v) is 21.6. The molecule has 0 saturated carbocycles. The number of nitrogens with zero attached hydrogens (tertiary/aromatic N) is 3. The molecule has 0 unspecified atom stereocenters. The molecule has 2 N–H and O–H groups in total. The number of piperazine rings is 1. The van der Waals surface area contributed by atoms with Gasteiger partial charge < -0.3 is 34.5 Å². The van der Waals surface area contributed by atoms with E-state index in [0.717, 1.165) is 41.6 Å². The largest absolute Gasteiger partial charge is 0.455 e. The van der Waals surface area contributed by atoms with E-state index in [1.807, 2.05) is 30.3 Å². The highest BCUT2D eigenvalue weighted by atomic mass is 16.6. The van der Waals surface area contributed by atoms with Crippen LogP contribution in [0.15, 0.2) is 91.0 Å². The zero-order valence-corrected chi connectivity index (χ0v) is 37.6. The van der Waals surface area contributed by atoms with Crippen molar-refractivity contribution < 1.29 is 42.9 Å². The summed E-state index contributed by atoms with van der Waals surface area (Å²) in [6.45, 7) is 13.3. The van der Waals surface area contributed by atoms with Crippen molar-refractivity contribution in [3.63, 3.8) is 0 Å². The number of fused-ring (bicyclic) bond motifs is 4. The molecular formula is C50H57N5O9. The normalized spacial score (nSPS) is 14.4. The first-order valence-electron chi connectivity index (χ1n) is 21.6. The van der Waals surface area contributed by atoms with Crippen LogP contribution in [0.3, 0.4) is 0 Å². The lowest BCUT2D eigenvalue weighted by atomic mass is 10.0. The van der Waals surface area contributed by atoms with Gasteiger partial charge in [0.1, 0.15) is 23.5 Å². The summed E-state index contributed by atoms with van der Waals surface area (Å²) in [6, 6.07) is 27.1. The Morgan fingerprint density at radius 1 is 0.797 bits per heavy atom. The molecule has 0 spiro atoms. The fourth-order valence-electron chi connectivity index (χ4n) is 8.09. The highest BCUT2D eigenvalue weighted by molar-refractivity contribution is 6.08. The SMILES string of the molecule is COCCCN1CCN(c2ccc([C@H](CC(=O)Nc3cccc4c3cc(C(=O)OC(C)(C)C)n4C(=O)OC(C)(C)C)NC(=O)OCc3ccc4c(c3)Cc3ccccc3-4)cc2)C(=O)C1. The average Bonchev–Trinajstić information content (AvgIpc) is 3.81. The van der Waals surface area contributed by atoms with Crippen LogP contribution in [-0.4, -0.2) is 90.5 Å². The van der Waals surface area contributed by atoms with E-state index in [2.05, 4.69) is 39.8 Å². The van der Waals surface area contributed by atoms with Gasteiger partial charge in [-0.05, 0) is 118 Å². The van der Waals surface area contributed by atoms with Crippen molar-refractivity contribution in [2.45, 2.75) is 84.7 Å². The number of rotatable bonds is 13. The Morgan fingerprint density at radius 2 is 1.53 bits per heavy atom. The van der Waals surface area contributed by atoms with Gasteiger partial charge in [-0.2, -0.15) is 0 Å². The minimum absolute atomic E-state index is 0.0173. The van der Waals surface area contributed by atoms with Crippen LogP contribution in [0, 0.1) is 0 Å². The quantitative estimate of drug-likeness (QED) is 0.0654. The van der Waals surface area contributed by atoms with Crippen molar-refractivity contribution in [3.8, 4) is 11.1 Å². The Hall–Kier alpha value is -6.51. The molecule has 14 heteroatoms. The van der Waals surface area contributed by atoms with Gasteiger partial charge in [0.25, 0.3) is 0 Å². The minimum Gasteiger partial charge on any atom is -0.455 e. The molecule has 1 fully saturated rings. The molecule has 7 rings (SSSR count). The van der Waals surface area contributed by atoms with Gasteiger partial charge >= 0.3 is 18.2 Å². The highest BCUT2D eigenvalue weighted by Crippen LogP contribution is 2.37. The zero-order valence-electron chi connectivity index (χ0n) is 37.6. The number of hydrogen-bond acceptors (Lipinski definition) is 10. The zero-order chi connectivity index (χ0) is 45.8. The van der Waals surface area contributed by atoms with Crippen molar-refractivity contribution in [2.75, 3.05) is 50.1 Å². The molecule has 1 atom stereocenters. The number of benzene rings is 4. The lowest BCUT2D eigenvalue weighted by Crippen LogP contribution is -2.50. The van der Waals surface area contributed by atoms with Crippen molar-refractivity contribution in [1.29, 1.82) is 0 Å². The van der Waals surface area contributed by atoms with Crippen LogP contribution in [0.2, 0.25) is 0 Å². The summed E-state index contributed by atoms with van der Waals surface area (Å²) in [5.41, 5.74) is 5.80. The van der Waals surface area contributed by atoms with Gasteiger partial charge in [-0.1, -0.05) is 60.7 Å². The Balaban J connectivity index is 1.11. The van der Waals surface area contributed by atoms with E-state index in [9.17, 15) is 24.0 Å². The molecular weight excluding hydrogens is 815 g/mol. The number of aromatic nitrogens is 1. The summed E-state index contributed by atoms with van der Waals surface area (Å²) in [7, 11) is 1.66. The number of esters is 1. The predicted molar refractivity (Wildman–Crippen MR) is 244 cm³/mol. The van der Waals surface area contributed by atoms with E-state index >= 15 is 0 Å². The van der Waals surface area contributed by atoms with Crippen molar-refractivity contribution in [1.82, 2.24) is 14.8 Å². The summed E-state index contributed by atoms with van der Waals surface area (Å²) in [5, 5.41) is 6.24. The van der Waals surface area contributed by atoms with Gasteiger partial charge in [0.05, 0.1) is 30.2 Å². The fourth-order valence-corrected chi connectivity index (χ4v) is 8.09. The molecule has 3 amide bonds. The van der Waals surface area contributed by atoms with Crippen molar-refractivity contribution >= 4 is 52.2 Å². The molecule has 2 heterocycles. The maximum Gasteiger partial charge on any atom is 0.419 e. The maximum atomic E-state index is 14.1. The van der Waals surface area contributed by atoms with Crippen LogP contribution in [0.4, 0.5) is 21.0 Å². The summed E-state index contributed by atoms with van der Waals surface area (Å²) >= 11 is 0. The second-order valence-electron chi connectivity index (χ2n) is 18.2. The van der Waals surface area contributed by atoms with Crippen molar-refractivity contribution in [3.05, 3.63) is 119 Å². The van der Waals surface area contributed by atoms with E-state index in [1.54, 1.807) is 83.9 Å². The number of hydrogen-bond donors (Lipinski definition) is 2. The molecule has 14 nitrogen and oxygen atoms in total. The molecule has 5 aromatic rings. The van der Waals surface area contributed by atoms with E-state index in [-0.39, 0.29) is 24.6 Å². The van der Waals surface area contributed by atoms with Crippen LogP contribution >= 0.6 is 0 Å². The first kappa shape index (κ1) is 45.5. The standard InChI is InChI=1S/C50H57N5O9/c1-49(2,3)63-46(58)43-28-39-40(14-10-15-42(39)55(43)48(60)64-50(4,5)6)51-44(56)29-41(33-17-19-36(20-18-33)54-24-23-53(30-45(54)57)22-11-25-61-7)52-47(59)62-31-32-16-21-38-35(26-32)27-34-12-8-9-13-37(34)38/h8-10,12-21,26,28,41H,11,22-25,27,29-31H2,1-7H3,(H,51,56)(H,52,59)/t41-/m0/s1. The molecule has 64 heavy (non-hydrogen) atoms. The van der Waals surface area contributed by atoms with Gasteiger partial charge in [0.2, 0.25) is 11.8 Å². The lowest BCUT2D eigenvalue weighted by molar-refractivity contribution is -0.121. The monoisotopic (exact) mass is 871 g/mol. The lowest BCUT2D eigenvalue weighted by Gasteiger charge is -2.34. The molecule has 0 radical (unpaired) electrons. The molecule has 336 valence electrons. The minimum atomic E-state index is -0.867. The number of methoxy groups -OCH3 is 1. The van der Waals surface area contributed by atoms with Gasteiger partial charge in [-0.3, -0.25) is 14.5 Å². The Labute approximate surface area is 373 Å². The number of alkyl carbamates (subject to hydrolysis) is 1.